The molecule has 0 saturated heterocycles. The summed E-state index contributed by atoms with van der Waals surface area (Å²) in [6.07, 6.45) is 8.85. The first kappa shape index (κ1) is 29.1. The van der Waals surface area contributed by atoms with Gasteiger partial charge in [-0.1, -0.05) is 70.2 Å². The average Bonchev–Trinajstić information content (AvgIpc) is 2.89. The number of aromatic nitrogens is 2. The summed E-state index contributed by atoms with van der Waals surface area (Å²) in [6, 6.07) is 16.8. The first-order valence-corrected chi connectivity index (χ1v) is 14.3. The van der Waals surface area contributed by atoms with Crippen LogP contribution in [0, 0.1) is 0 Å². The number of unbranched alkanes of at least 4 members (excludes halogenated alkanes) is 4. The largest absolute Gasteiger partial charge is 0.497 e. The third-order valence-corrected chi connectivity index (χ3v) is 6.33. The second-order valence-electron chi connectivity index (χ2n) is 8.51. The number of ether oxygens (including phenoxy) is 2. The van der Waals surface area contributed by atoms with Gasteiger partial charge in [0.1, 0.15) is 17.3 Å². The van der Waals surface area contributed by atoms with Crippen LogP contribution in [0.1, 0.15) is 51.5 Å². The fourth-order valence-corrected chi connectivity index (χ4v) is 3.94. The molecule has 0 radical (unpaired) electrons. The van der Waals surface area contributed by atoms with Crippen LogP contribution in [-0.4, -0.2) is 45.4 Å². The standard InChI is InChI=1S/C21H23N3O4S.C7H16/c1-27-17-9-7-15(8-10-17)11-12-22-20-14-19(23-21(24-20)29(3,25)26)16-5-4-6-18(13-16)28-2;1-3-5-7-6-4-2/h4-10,13-14H,11-12H2,1-3H3,(H,22,23,24);3-7H2,1-2H3. The summed E-state index contributed by atoms with van der Waals surface area (Å²) in [4.78, 5) is 8.40. The van der Waals surface area contributed by atoms with Gasteiger partial charge in [0.15, 0.2) is 0 Å². The van der Waals surface area contributed by atoms with E-state index in [0.29, 0.717) is 23.8 Å². The van der Waals surface area contributed by atoms with Gasteiger partial charge >= 0.3 is 0 Å². The molecule has 0 aliphatic carbocycles. The minimum Gasteiger partial charge on any atom is -0.497 e. The number of rotatable bonds is 12. The first-order valence-electron chi connectivity index (χ1n) is 12.4. The normalized spacial score (nSPS) is 10.8. The summed E-state index contributed by atoms with van der Waals surface area (Å²) in [5.74, 6) is 1.92. The Bertz CT molecular complexity index is 1160. The molecule has 0 atom stereocenters. The SMILES string of the molecule is CCCCCCC.COc1ccc(CCNc2cc(-c3cccc(OC)c3)nc(S(C)(=O)=O)n2)cc1. The number of nitrogens with zero attached hydrogens (tertiary/aromatic N) is 2. The third kappa shape index (κ3) is 9.85. The molecule has 2 aromatic carbocycles. The molecule has 0 bridgehead atoms. The van der Waals surface area contributed by atoms with Gasteiger partial charge in [0.05, 0.1) is 19.9 Å². The third-order valence-electron chi connectivity index (χ3n) is 5.49. The number of sulfone groups is 1. The molecule has 7 nitrogen and oxygen atoms in total. The molecule has 0 fully saturated rings. The molecule has 0 saturated carbocycles. The predicted molar refractivity (Wildman–Crippen MR) is 147 cm³/mol. The monoisotopic (exact) mass is 513 g/mol. The summed E-state index contributed by atoms with van der Waals surface area (Å²) in [5, 5.41) is 2.98. The van der Waals surface area contributed by atoms with Crippen molar-refractivity contribution in [3.63, 3.8) is 0 Å². The number of benzene rings is 2. The first-order chi connectivity index (χ1) is 17.3. The fraction of sp³-hybridized carbons (Fsp3) is 0.429. The van der Waals surface area contributed by atoms with Crippen molar-refractivity contribution in [2.75, 3.05) is 32.3 Å². The summed E-state index contributed by atoms with van der Waals surface area (Å²) in [5.41, 5.74) is 2.38. The van der Waals surface area contributed by atoms with Crippen LogP contribution in [0.4, 0.5) is 5.82 Å². The molecule has 0 unspecified atom stereocenters. The molecular formula is C28H39N3O4S. The van der Waals surface area contributed by atoms with E-state index in [1.807, 2.05) is 42.5 Å². The van der Waals surface area contributed by atoms with Crippen LogP contribution in [-0.2, 0) is 16.3 Å². The van der Waals surface area contributed by atoms with E-state index in [9.17, 15) is 8.42 Å². The molecule has 1 heterocycles. The highest BCUT2D eigenvalue weighted by Crippen LogP contribution is 2.25. The van der Waals surface area contributed by atoms with Gasteiger partial charge in [-0.3, -0.25) is 0 Å². The van der Waals surface area contributed by atoms with Crippen LogP contribution < -0.4 is 14.8 Å². The van der Waals surface area contributed by atoms with Gasteiger partial charge in [0.2, 0.25) is 15.0 Å². The lowest BCUT2D eigenvalue weighted by atomic mass is 10.1. The zero-order chi connectivity index (χ0) is 26.4. The summed E-state index contributed by atoms with van der Waals surface area (Å²) in [7, 11) is -0.357. The van der Waals surface area contributed by atoms with Crippen molar-refractivity contribution in [1.82, 2.24) is 9.97 Å². The van der Waals surface area contributed by atoms with Crippen LogP contribution in [0.15, 0.2) is 59.8 Å². The topological polar surface area (TPSA) is 90.4 Å². The van der Waals surface area contributed by atoms with Crippen LogP contribution in [0.3, 0.4) is 0 Å². The van der Waals surface area contributed by atoms with Gasteiger partial charge in [0.25, 0.3) is 0 Å². The molecule has 1 N–H and O–H groups in total. The Balaban J connectivity index is 0.000000572. The van der Waals surface area contributed by atoms with Gasteiger partial charge in [-0.2, -0.15) is 0 Å². The maximum absolute atomic E-state index is 12.1. The van der Waals surface area contributed by atoms with E-state index in [4.69, 9.17) is 9.47 Å². The van der Waals surface area contributed by atoms with E-state index >= 15 is 0 Å². The predicted octanol–water partition coefficient (Wildman–Crippen LogP) is 6.20. The van der Waals surface area contributed by atoms with Crippen molar-refractivity contribution in [2.45, 2.75) is 57.5 Å². The van der Waals surface area contributed by atoms with Crippen LogP contribution in [0.25, 0.3) is 11.3 Å². The average molecular weight is 514 g/mol. The summed E-state index contributed by atoms with van der Waals surface area (Å²) < 4.78 is 34.5. The number of anilines is 1. The lowest BCUT2D eigenvalue weighted by Gasteiger charge is -2.10. The van der Waals surface area contributed by atoms with E-state index in [1.165, 1.54) is 32.1 Å². The maximum Gasteiger partial charge on any atom is 0.249 e. The Morgan fingerprint density at radius 1 is 0.833 bits per heavy atom. The van der Waals surface area contributed by atoms with Gasteiger partial charge in [-0.15, -0.1) is 0 Å². The molecule has 8 heteroatoms. The van der Waals surface area contributed by atoms with E-state index in [1.54, 1.807) is 26.4 Å². The van der Waals surface area contributed by atoms with E-state index < -0.39 is 9.84 Å². The summed E-state index contributed by atoms with van der Waals surface area (Å²) >= 11 is 0. The molecule has 0 aliphatic rings. The van der Waals surface area contributed by atoms with Gasteiger partial charge in [-0.05, 0) is 36.2 Å². The molecule has 36 heavy (non-hydrogen) atoms. The van der Waals surface area contributed by atoms with Crippen molar-refractivity contribution in [3.05, 3.63) is 60.2 Å². The second kappa shape index (κ2) is 15.1. The van der Waals surface area contributed by atoms with Crippen LogP contribution in [0.5, 0.6) is 11.5 Å². The number of hydrogen-bond donors (Lipinski definition) is 1. The lowest BCUT2D eigenvalue weighted by Crippen LogP contribution is -2.11. The van der Waals surface area contributed by atoms with E-state index in [-0.39, 0.29) is 5.16 Å². The number of methoxy groups -OCH3 is 2. The summed E-state index contributed by atoms with van der Waals surface area (Å²) in [6.45, 7) is 5.08. The maximum atomic E-state index is 12.1. The number of hydrogen-bond acceptors (Lipinski definition) is 7. The Hall–Kier alpha value is -3.13. The highest BCUT2D eigenvalue weighted by molar-refractivity contribution is 7.90. The molecule has 196 valence electrons. The smallest absolute Gasteiger partial charge is 0.249 e. The van der Waals surface area contributed by atoms with Crippen molar-refractivity contribution in [3.8, 4) is 22.8 Å². The second-order valence-corrected chi connectivity index (χ2v) is 10.4. The molecule has 0 aliphatic heterocycles. The van der Waals surface area contributed by atoms with Gasteiger partial charge < -0.3 is 14.8 Å². The molecular weight excluding hydrogens is 474 g/mol. The molecule has 1 aromatic heterocycles. The van der Waals surface area contributed by atoms with Crippen LogP contribution >= 0.6 is 0 Å². The molecule has 0 spiro atoms. The minimum atomic E-state index is -3.56. The molecule has 3 rings (SSSR count). The van der Waals surface area contributed by atoms with Gasteiger partial charge in [-0.25, -0.2) is 18.4 Å². The van der Waals surface area contributed by atoms with Crippen molar-refractivity contribution in [1.29, 1.82) is 0 Å². The zero-order valence-corrected chi connectivity index (χ0v) is 22.9. The molecule has 0 amide bonds. The lowest BCUT2D eigenvalue weighted by molar-refractivity contribution is 0.414. The van der Waals surface area contributed by atoms with Crippen molar-refractivity contribution >= 4 is 15.7 Å². The van der Waals surface area contributed by atoms with Gasteiger partial charge in [0, 0.05) is 24.4 Å². The van der Waals surface area contributed by atoms with Crippen molar-refractivity contribution in [2.24, 2.45) is 0 Å². The quantitative estimate of drug-likeness (QED) is 0.228. The Labute approximate surface area is 216 Å². The van der Waals surface area contributed by atoms with E-state index in [2.05, 4.69) is 29.1 Å². The van der Waals surface area contributed by atoms with Crippen LogP contribution in [0.2, 0.25) is 0 Å². The fourth-order valence-electron chi connectivity index (χ4n) is 3.42. The highest BCUT2D eigenvalue weighted by atomic mass is 32.2. The highest BCUT2D eigenvalue weighted by Gasteiger charge is 2.15. The Morgan fingerprint density at radius 2 is 1.50 bits per heavy atom. The Kier molecular flexibility index (Phi) is 12.2. The minimum absolute atomic E-state index is 0.218. The van der Waals surface area contributed by atoms with Crippen molar-refractivity contribution < 1.29 is 17.9 Å². The van der Waals surface area contributed by atoms with E-state index in [0.717, 1.165) is 29.6 Å². The molecule has 3 aromatic rings. The Morgan fingerprint density at radius 3 is 2.08 bits per heavy atom. The zero-order valence-electron chi connectivity index (χ0n) is 22.1. The number of nitrogens with one attached hydrogen (secondary N) is 1.